The van der Waals surface area contributed by atoms with E-state index in [2.05, 4.69) is 16.9 Å². The smallest absolute Gasteiger partial charge is 0.133 e. The Bertz CT molecular complexity index is 214. The maximum absolute atomic E-state index is 4.06. The van der Waals surface area contributed by atoms with Crippen molar-refractivity contribution in [1.29, 1.82) is 0 Å². The predicted molar refractivity (Wildman–Crippen MR) is 41.4 cm³/mol. The van der Waals surface area contributed by atoms with E-state index in [0.717, 1.165) is 12.5 Å². The molecule has 0 aliphatic rings. The first-order valence-electron chi connectivity index (χ1n) is 3.16. The summed E-state index contributed by atoms with van der Waals surface area (Å²) in [5, 5.41) is 3.02. The van der Waals surface area contributed by atoms with Crippen molar-refractivity contribution >= 4 is 6.08 Å². The Kier molecular flexibility index (Phi) is 2.23. The van der Waals surface area contributed by atoms with Crippen LogP contribution in [0.2, 0.25) is 0 Å². The number of hydrogen-bond donors (Lipinski definition) is 1. The van der Waals surface area contributed by atoms with Gasteiger partial charge < -0.3 is 9.88 Å². The maximum atomic E-state index is 4.06. The van der Waals surface area contributed by atoms with Crippen LogP contribution in [0.5, 0.6) is 0 Å². The van der Waals surface area contributed by atoms with E-state index in [0.29, 0.717) is 0 Å². The molecule has 0 saturated carbocycles. The van der Waals surface area contributed by atoms with Gasteiger partial charge in [-0.3, -0.25) is 0 Å². The molecule has 1 aromatic heterocycles. The summed E-state index contributed by atoms with van der Waals surface area (Å²) in [5.74, 6) is 0.898. The standard InChI is InChI=1S/C7H11N3/c1-3-7-9-4-5-10(7)6-8-2/h3-5,8H,1,6H2,2H3. The minimum Gasteiger partial charge on any atom is -0.318 e. The Balaban J connectivity index is 2.79. The van der Waals surface area contributed by atoms with Gasteiger partial charge in [-0.1, -0.05) is 6.58 Å². The van der Waals surface area contributed by atoms with E-state index >= 15 is 0 Å². The summed E-state index contributed by atoms with van der Waals surface area (Å²) in [7, 11) is 1.90. The predicted octanol–water partition coefficient (Wildman–Crippen LogP) is 0.703. The van der Waals surface area contributed by atoms with Gasteiger partial charge in [-0.05, 0) is 13.1 Å². The molecule has 0 aliphatic heterocycles. The van der Waals surface area contributed by atoms with Gasteiger partial charge in [0.2, 0.25) is 0 Å². The van der Waals surface area contributed by atoms with E-state index in [1.165, 1.54) is 0 Å². The van der Waals surface area contributed by atoms with Crippen LogP contribution >= 0.6 is 0 Å². The topological polar surface area (TPSA) is 29.9 Å². The Hall–Kier alpha value is -1.09. The molecule has 0 aromatic carbocycles. The molecule has 0 amide bonds. The molecule has 0 aliphatic carbocycles. The van der Waals surface area contributed by atoms with Gasteiger partial charge in [0.1, 0.15) is 5.82 Å². The van der Waals surface area contributed by atoms with Crippen molar-refractivity contribution in [2.45, 2.75) is 6.67 Å². The molecule has 0 saturated heterocycles. The lowest BCUT2D eigenvalue weighted by atomic mass is 10.6. The average molecular weight is 137 g/mol. The molecular formula is C7H11N3. The first kappa shape index (κ1) is 7.02. The second kappa shape index (κ2) is 3.17. The molecular weight excluding hydrogens is 126 g/mol. The second-order valence-corrected chi connectivity index (χ2v) is 1.97. The van der Waals surface area contributed by atoms with E-state index in [4.69, 9.17) is 0 Å². The van der Waals surface area contributed by atoms with Crippen molar-refractivity contribution in [1.82, 2.24) is 14.9 Å². The summed E-state index contributed by atoms with van der Waals surface area (Å²) in [6.45, 7) is 4.41. The molecule has 10 heavy (non-hydrogen) atoms. The van der Waals surface area contributed by atoms with Gasteiger partial charge in [-0.2, -0.15) is 0 Å². The molecule has 1 rings (SSSR count). The fourth-order valence-corrected chi connectivity index (χ4v) is 0.815. The maximum Gasteiger partial charge on any atom is 0.133 e. The highest BCUT2D eigenvalue weighted by Gasteiger charge is 1.93. The Labute approximate surface area is 60.4 Å². The van der Waals surface area contributed by atoms with Gasteiger partial charge in [0, 0.05) is 12.4 Å². The van der Waals surface area contributed by atoms with Crippen LogP contribution in [0, 0.1) is 0 Å². The molecule has 0 radical (unpaired) electrons. The van der Waals surface area contributed by atoms with Crippen LogP contribution in [-0.2, 0) is 6.67 Å². The Morgan fingerprint density at radius 3 is 3.30 bits per heavy atom. The molecule has 0 spiro atoms. The van der Waals surface area contributed by atoms with E-state index in [-0.39, 0.29) is 0 Å². The number of nitrogens with one attached hydrogen (secondary N) is 1. The van der Waals surface area contributed by atoms with Crippen LogP contribution in [-0.4, -0.2) is 16.6 Å². The number of aromatic nitrogens is 2. The third-order valence-corrected chi connectivity index (χ3v) is 1.26. The molecule has 1 N–H and O–H groups in total. The van der Waals surface area contributed by atoms with Crippen LogP contribution in [0.4, 0.5) is 0 Å². The molecule has 0 unspecified atom stereocenters. The van der Waals surface area contributed by atoms with Crippen molar-refractivity contribution in [2.75, 3.05) is 7.05 Å². The highest BCUT2D eigenvalue weighted by atomic mass is 15.1. The van der Waals surface area contributed by atoms with Crippen LogP contribution in [0.3, 0.4) is 0 Å². The first-order chi connectivity index (χ1) is 4.88. The van der Waals surface area contributed by atoms with Crippen molar-refractivity contribution in [3.8, 4) is 0 Å². The minimum absolute atomic E-state index is 0.779. The van der Waals surface area contributed by atoms with Crippen LogP contribution in [0.25, 0.3) is 6.08 Å². The molecule has 0 atom stereocenters. The zero-order valence-corrected chi connectivity index (χ0v) is 6.04. The molecule has 1 heterocycles. The molecule has 54 valence electrons. The number of rotatable bonds is 3. The number of hydrogen-bond acceptors (Lipinski definition) is 2. The lowest BCUT2D eigenvalue weighted by Gasteiger charge is -2.01. The summed E-state index contributed by atoms with van der Waals surface area (Å²) in [6.07, 6.45) is 5.40. The second-order valence-electron chi connectivity index (χ2n) is 1.97. The normalized spacial score (nSPS) is 9.70. The van der Waals surface area contributed by atoms with Crippen LogP contribution < -0.4 is 5.32 Å². The zero-order chi connectivity index (χ0) is 7.40. The monoisotopic (exact) mass is 137 g/mol. The van der Waals surface area contributed by atoms with Gasteiger partial charge in [-0.15, -0.1) is 0 Å². The fourth-order valence-electron chi connectivity index (χ4n) is 0.815. The van der Waals surface area contributed by atoms with Crippen LogP contribution in [0.15, 0.2) is 19.0 Å². The Morgan fingerprint density at radius 1 is 1.90 bits per heavy atom. The molecule has 3 nitrogen and oxygen atoms in total. The summed E-state index contributed by atoms with van der Waals surface area (Å²) < 4.78 is 1.98. The summed E-state index contributed by atoms with van der Waals surface area (Å²) in [4.78, 5) is 4.06. The van der Waals surface area contributed by atoms with Gasteiger partial charge in [-0.25, -0.2) is 4.98 Å². The van der Waals surface area contributed by atoms with Gasteiger partial charge in [0.15, 0.2) is 0 Å². The number of imidazole rings is 1. The molecule has 3 heteroatoms. The van der Waals surface area contributed by atoms with Crippen molar-refractivity contribution in [3.63, 3.8) is 0 Å². The van der Waals surface area contributed by atoms with E-state index in [1.54, 1.807) is 12.3 Å². The van der Waals surface area contributed by atoms with Gasteiger partial charge >= 0.3 is 0 Å². The van der Waals surface area contributed by atoms with Crippen molar-refractivity contribution < 1.29 is 0 Å². The average Bonchev–Trinajstić information content (AvgIpc) is 2.36. The third-order valence-electron chi connectivity index (χ3n) is 1.26. The lowest BCUT2D eigenvalue weighted by molar-refractivity contribution is 0.613. The summed E-state index contributed by atoms with van der Waals surface area (Å²) in [5.41, 5.74) is 0. The summed E-state index contributed by atoms with van der Waals surface area (Å²) >= 11 is 0. The van der Waals surface area contributed by atoms with Gasteiger partial charge in [0.25, 0.3) is 0 Å². The largest absolute Gasteiger partial charge is 0.318 e. The molecule has 0 fully saturated rings. The SMILES string of the molecule is C=Cc1nccn1CNC. The van der Waals surface area contributed by atoms with E-state index < -0.39 is 0 Å². The van der Waals surface area contributed by atoms with Gasteiger partial charge in [0.05, 0.1) is 6.67 Å². The lowest BCUT2D eigenvalue weighted by Crippen LogP contribution is -2.13. The van der Waals surface area contributed by atoms with E-state index in [1.807, 2.05) is 17.8 Å². The zero-order valence-electron chi connectivity index (χ0n) is 6.04. The quantitative estimate of drug-likeness (QED) is 0.664. The first-order valence-corrected chi connectivity index (χ1v) is 3.16. The fraction of sp³-hybridized carbons (Fsp3) is 0.286. The Morgan fingerprint density at radius 2 is 2.70 bits per heavy atom. The van der Waals surface area contributed by atoms with E-state index in [9.17, 15) is 0 Å². The summed E-state index contributed by atoms with van der Waals surface area (Å²) in [6, 6.07) is 0. The highest BCUT2D eigenvalue weighted by molar-refractivity contribution is 5.36. The third kappa shape index (κ3) is 1.25. The molecule has 1 aromatic rings. The number of nitrogens with zero attached hydrogens (tertiary/aromatic N) is 2. The van der Waals surface area contributed by atoms with Crippen molar-refractivity contribution in [2.24, 2.45) is 0 Å². The van der Waals surface area contributed by atoms with Crippen LogP contribution in [0.1, 0.15) is 5.82 Å². The van der Waals surface area contributed by atoms with Crippen molar-refractivity contribution in [3.05, 3.63) is 24.8 Å². The highest BCUT2D eigenvalue weighted by Crippen LogP contribution is 1.96. The minimum atomic E-state index is 0.779. The molecule has 0 bridgehead atoms.